The summed E-state index contributed by atoms with van der Waals surface area (Å²) in [5.74, 6) is -0.545. The molecular formula is C19H11ClF3N7OS. The summed E-state index contributed by atoms with van der Waals surface area (Å²) in [5.41, 5.74) is -0.139. The molecule has 0 radical (unpaired) electrons. The Morgan fingerprint density at radius 3 is 2.69 bits per heavy atom. The predicted octanol–water partition coefficient (Wildman–Crippen LogP) is 4.19. The molecule has 0 aliphatic rings. The number of hydrogen-bond acceptors (Lipinski definition) is 6. The number of anilines is 1. The molecule has 0 saturated carbocycles. The molecule has 162 valence electrons. The Kier molecular flexibility index (Phi) is 5.77. The zero-order chi connectivity index (χ0) is 22.9. The quantitative estimate of drug-likeness (QED) is 0.432. The molecule has 0 fully saturated rings. The van der Waals surface area contributed by atoms with Crippen molar-refractivity contribution in [1.29, 1.82) is 5.26 Å². The summed E-state index contributed by atoms with van der Waals surface area (Å²) in [7, 11) is 0. The van der Waals surface area contributed by atoms with Gasteiger partial charge >= 0.3 is 6.18 Å². The second-order valence-electron chi connectivity index (χ2n) is 6.35. The molecule has 0 aliphatic carbocycles. The first-order valence-electron chi connectivity index (χ1n) is 8.85. The van der Waals surface area contributed by atoms with Crippen molar-refractivity contribution in [3.63, 3.8) is 0 Å². The molecule has 0 aliphatic heterocycles. The fourth-order valence-electron chi connectivity index (χ4n) is 2.80. The number of thioether (sulfide) groups is 1. The van der Waals surface area contributed by atoms with Gasteiger partial charge in [0, 0.05) is 6.20 Å². The smallest absolute Gasteiger partial charge is 0.309 e. The maximum atomic E-state index is 13.1. The highest BCUT2D eigenvalue weighted by Gasteiger charge is 2.32. The first-order valence-corrected chi connectivity index (χ1v) is 10.2. The van der Waals surface area contributed by atoms with Crippen LogP contribution in [0.2, 0.25) is 5.02 Å². The maximum Gasteiger partial charge on any atom is 0.417 e. The number of rotatable bonds is 5. The van der Waals surface area contributed by atoms with Crippen molar-refractivity contribution in [2.75, 3.05) is 11.1 Å². The van der Waals surface area contributed by atoms with E-state index in [2.05, 4.69) is 20.6 Å². The van der Waals surface area contributed by atoms with E-state index in [-0.39, 0.29) is 33.0 Å². The molecule has 0 bridgehead atoms. The number of alkyl halides is 3. The van der Waals surface area contributed by atoms with E-state index in [9.17, 15) is 23.2 Å². The van der Waals surface area contributed by atoms with Crippen LogP contribution in [0.3, 0.4) is 0 Å². The van der Waals surface area contributed by atoms with E-state index >= 15 is 0 Å². The molecule has 4 aromatic rings. The van der Waals surface area contributed by atoms with E-state index < -0.39 is 17.6 Å². The Morgan fingerprint density at radius 1 is 1.25 bits per heavy atom. The van der Waals surface area contributed by atoms with Crippen LogP contribution in [-0.2, 0) is 11.0 Å². The van der Waals surface area contributed by atoms with Crippen molar-refractivity contribution in [2.24, 2.45) is 0 Å². The summed E-state index contributed by atoms with van der Waals surface area (Å²) in [4.78, 5) is 12.5. The van der Waals surface area contributed by atoms with Crippen LogP contribution in [0.4, 0.5) is 19.0 Å². The fraction of sp³-hybridized carbons (Fsp3) is 0.105. The molecule has 4 rings (SSSR count). The second-order valence-corrected chi connectivity index (χ2v) is 7.70. The number of fused-ring (bicyclic) bond motifs is 1. The summed E-state index contributed by atoms with van der Waals surface area (Å²) < 4.78 is 41.8. The van der Waals surface area contributed by atoms with Crippen molar-refractivity contribution < 1.29 is 18.0 Å². The average Bonchev–Trinajstić information content (AvgIpc) is 3.36. The first-order chi connectivity index (χ1) is 15.3. The Bertz CT molecular complexity index is 1340. The SMILES string of the molecule is N#Cc1cnn(-c2ccccc2)c1NC(=O)CSc1nnc2c(Cl)cc(C(F)(F)F)cn12. The van der Waals surface area contributed by atoms with Crippen molar-refractivity contribution in [3.05, 3.63) is 64.9 Å². The van der Waals surface area contributed by atoms with Gasteiger partial charge in [0.25, 0.3) is 0 Å². The zero-order valence-corrected chi connectivity index (χ0v) is 17.4. The number of benzene rings is 1. The van der Waals surface area contributed by atoms with Crippen LogP contribution in [0.5, 0.6) is 0 Å². The summed E-state index contributed by atoms with van der Waals surface area (Å²) in [5, 5.41) is 23.5. The third kappa shape index (κ3) is 4.25. The molecular weight excluding hydrogens is 467 g/mol. The van der Waals surface area contributed by atoms with Gasteiger partial charge < -0.3 is 5.32 Å². The molecule has 0 atom stereocenters. The van der Waals surface area contributed by atoms with Gasteiger partial charge in [0.1, 0.15) is 11.6 Å². The molecule has 1 aromatic carbocycles. The van der Waals surface area contributed by atoms with Crippen LogP contribution in [0.1, 0.15) is 11.1 Å². The summed E-state index contributed by atoms with van der Waals surface area (Å²) >= 11 is 6.76. The standard InChI is InChI=1S/C19H11ClF3N7OS/c20-14-6-12(19(21,22)23)9-29-17(14)27-28-18(29)32-10-15(31)26-16-11(7-24)8-25-30(16)13-4-2-1-3-5-13/h1-6,8-9H,10H2,(H,26,31). The number of para-hydroxylation sites is 1. The maximum absolute atomic E-state index is 13.1. The third-order valence-corrected chi connectivity index (χ3v) is 5.46. The van der Waals surface area contributed by atoms with Crippen LogP contribution in [0, 0.1) is 11.3 Å². The minimum absolute atomic E-state index is 0.0384. The first kappa shape index (κ1) is 21.7. The highest BCUT2D eigenvalue weighted by Crippen LogP contribution is 2.33. The number of aromatic nitrogens is 5. The minimum Gasteiger partial charge on any atom is -0.309 e. The topological polar surface area (TPSA) is 101 Å². The fourth-order valence-corrected chi connectivity index (χ4v) is 3.76. The molecule has 3 heterocycles. The van der Waals surface area contributed by atoms with Crippen LogP contribution < -0.4 is 5.32 Å². The monoisotopic (exact) mass is 477 g/mol. The molecule has 1 amide bonds. The van der Waals surface area contributed by atoms with E-state index in [1.807, 2.05) is 12.1 Å². The summed E-state index contributed by atoms with van der Waals surface area (Å²) in [6, 6.07) is 11.6. The molecule has 0 spiro atoms. The molecule has 13 heteroatoms. The van der Waals surface area contributed by atoms with E-state index in [0.717, 1.165) is 28.4 Å². The lowest BCUT2D eigenvalue weighted by atomic mass is 10.3. The molecule has 0 unspecified atom stereocenters. The number of nitrogens with zero attached hydrogens (tertiary/aromatic N) is 6. The number of nitrogens with one attached hydrogen (secondary N) is 1. The number of carbonyl (C=O) groups is 1. The van der Waals surface area contributed by atoms with Gasteiger partial charge in [0.05, 0.1) is 28.2 Å². The second kappa shape index (κ2) is 8.52. The lowest BCUT2D eigenvalue weighted by molar-refractivity contribution is -0.137. The van der Waals surface area contributed by atoms with Gasteiger partial charge in [-0.3, -0.25) is 9.20 Å². The lowest BCUT2D eigenvalue weighted by Gasteiger charge is -2.10. The Balaban J connectivity index is 1.55. The van der Waals surface area contributed by atoms with Crippen molar-refractivity contribution in [2.45, 2.75) is 11.3 Å². The van der Waals surface area contributed by atoms with Gasteiger partial charge in [-0.05, 0) is 18.2 Å². The van der Waals surface area contributed by atoms with Crippen LogP contribution in [0.15, 0.2) is 53.9 Å². The Hall–Kier alpha value is -3.56. The summed E-state index contributed by atoms with van der Waals surface area (Å²) in [6.07, 6.45) is -2.47. The minimum atomic E-state index is -4.61. The number of nitriles is 1. The third-order valence-electron chi connectivity index (χ3n) is 4.24. The largest absolute Gasteiger partial charge is 0.417 e. The summed E-state index contributed by atoms with van der Waals surface area (Å²) in [6.45, 7) is 0. The van der Waals surface area contributed by atoms with Crippen LogP contribution >= 0.6 is 23.4 Å². The predicted molar refractivity (Wildman–Crippen MR) is 111 cm³/mol. The molecule has 1 N–H and O–H groups in total. The number of halogens is 4. The normalized spacial score (nSPS) is 11.5. The Labute approximate surface area is 187 Å². The Morgan fingerprint density at radius 2 is 2.00 bits per heavy atom. The number of pyridine rings is 1. The van der Waals surface area contributed by atoms with Gasteiger partial charge in [-0.1, -0.05) is 41.6 Å². The molecule has 3 aromatic heterocycles. The van der Waals surface area contributed by atoms with Crippen molar-refractivity contribution in [1.82, 2.24) is 24.4 Å². The van der Waals surface area contributed by atoms with Gasteiger partial charge in [-0.25, -0.2) is 4.68 Å². The van der Waals surface area contributed by atoms with E-state index in [1.54, 1.807) is 24.3 Å². The van der Waals surface area contributed by atoms with Gasteiger partial charge in [-0.15, -0.1) is 10.2 Å². The highest BCUT2D eigenvalue weighted by molar-refractivity contribution is 7.99. The highest BCUT2D eigenvalue weighted by atomic mass is 35.5. The molecule has 8 nitrogen and oxygen atoms in total. The van der Waals surface area contributed by atoms with E-state index in [0.29, 0.717) is 5.69 Å². The van der Waals surface area contributed by atoms with E-state index in [1.165, 1.54) is 10.9 Å². The van der Waals surface area contributed by atoms with Gasteiger partial charge in [0.2, 0.25) is 5.91 Å². The van der Waals surface area contributed by atoms with E-state index in [4.69, 9.17) is 11.6 Å². The van der Waals surface area contributed by atoms with Gasteiger partial charge in [0.15, 0.2) is 16.6 Å². The van der Waals surface area contributed by atoms with Crippen molar-refractivity contribution in [3.8, 4) is 11.8 Å². The van der Waals surface area contributed by atoms with Crippen LogP contribution in [-0.4, -0.2) is 36.0 Å². The number of hydrogen-bond donors (Lipinski definition) is 1. The molecule has 32 heavy (non-hydrogen) atoms. The zero-order valence-electron chi connectivity index (χ0n) is 15.8. The molecule has 0 saturated heterocycles. The number of amides is 1. The van der Waals surface area contributed by atoms with Crippen LogP contribution in [0.25, 0.3) is 11.3 Å². The lowest BCUT2D eigenvalue weighted by Crippen LogP contribution is -2.18. The van der Waals surface area contributed by atoms with Gasteiger partial charge in [-0.2, -0.15) is 23.5 Å². The average molecular weight is 478 g/mol. The van der Waals surface area contributed by atoms with Crippen molar-refractivity contribution >= 4 is 40.7 Å². The number of carbonyl (C=O) groups excluding carboxylic acids is 1.